The second-order valence-electron chi connectivity index (χ2n) is 5.42. The lowest BCUT2D eigenvalue weighted by atomic mass is 9.96. The van der Waals surface area contributed by atoms with E-state index in [0.717, 1.165) is 31.2 Å². The first-order valence-corrected chi connectivity index (χ1v) is 9.25. The zero-order valence-electron chi connectivity index (χ0n) is 12.2. The molecule has 0 aliphatic heterocycles. The SMILES string of the molecule is Cc1ccc(S(=O)(=O)NC(CCl)=NC2CCCCC2)cc1. The smallest absolute Gasteiger partial charge is 0.262 e. The van der Waals surface area contributed by atoms with Crippen molar-refractivity contribution in [1.82, 2.24) is 4.72 Å². The predicted molar refractivity (Wildman–Crippen MR) is 86.5 cm³/mol. The first-order valence-electron chi connectivity index (χ1n) is 7.23. The van der Waals surface area contributed by atoms with Gasteiger partial charge in [-0.25, -0.2) is 8.42 Å². The molecule has 21 heavy (non-hydrogen) atoms. The quantitative estimate of drug-likeness (QED) is 0.524. The highest BCUT2D eigenvalue weighted by molar-refractivity contribution is 7.90. The van der Waals surface area contributed by atoms with Gasteiger partial charge in [0.1, 0.15) is 5.84 Å². The van der Waals surface area contributed by atoms with E-state index in [0.29, 0.717) is 5.84 Å². The molecular formula is C15H21ClN2O2S. The number of nitrogens with zero attached hydrogens (tertiary/aromatic N) is 1. The number of halogens is 1. The van der Waals surface area contributed by atoms with Crippen LogP contribution in [0.3, 0.4) is 0 Å². The Morgan fingerprint density at radius 2 is 1.86 bits per heavy atom. The zero-order valence-corrected chi connectivity index (χ0v) is 13.8. The Labute approximate surface area is 131 Å². The van der Waals surface area contributed by atoms with Crippen LogP contribution in [0.4, 0.5) is 0 Å². The third-order valence-electron chi connectivity index (χ3n) is 3.62. The van der Waals surface area contributed by atoms with Crippen molar-refractivity contribution in [3.05, 3.63) is 29.8 Å². The fourth-order valence-corrected chi connectivity index (χ4v) is 3.71. The van der Waals surface area contributed by atoms with Crippen molar-refractivity contribution in [1.29, 1.82) is 0 Å². The number of aryl methyl sites for hydroxylation is 1. The molecule has 1 N–H and O–H groups in total. The first kappa shape index (κ1) is 16.3. The largest absolute Gasteiger partial charge is 0.267 e. The Kier molecular flexibility index (Phi) is 5.65. The lowest BCUT2D eigenvalue weighted by molar-refractivity contribution is 0.443. The molecule has 0 amide bonds. The number of sulfonamides is 1. The Morgan fingerprint density at radius 1 is 1.24 bits per heavy atom. The van der Waals surface area contributed by atoms with Gasteiger partial charge in [-0.05, 0) is 31.9 Å². The van der Waals surface area contributed by atoms with Crippen molar-refractivity contribution in [2.45, 2.75) is 50.0 Å². The number of hydrogen-bond donors (Lipinski definition) is 1. The van der Waals surface area contributed by atoms with Gasteiger partial charge in [-0.2, -0.15) is 0 Å². The molecule has 1 aromatic carbocycles. The molecule has 1 fully saturated rings. The van der Waals surface area contributed by atoms with Crippen LogP contribution in [0.1, 0.15) is 37.7 Å². The van der Waals surface area contributed by atoms with E-state index in [2.05, 4.69) is 9.71 Å². The fraction of sp³-hybridized carbons (Fsp3) is 0.533. The van der Waals surface area contributed by atoms with Crippen LogP contribution in [-0.4, -0.2) is 26.2 Å². The van der Waals surface area contributed by atoms with Crippen molar-refractivity contribution < 1.29 is 8.42 Å². The summed E-state index contributed by atoms with van der Waals surface area (Å²) in [5.74, 6) is 0.408. The summed E-state index contributed by atoms with van der Waals surface area (Å²) in [5.41, 5.74) is 1.02. The van der Waals surface area contributed by atoms with Gasteiger partial charge in [0.15, 0.2) is 0 Å². The van der Waals surface area contributed by atoms with Crippen LogP contribution in [0.25, 0.3) is 0 Å². The molecule has 1 saturated carbocycles. The van der Waals surface area contributed by atoms with E-state index in [4.69, 9.17) is 11.6 Å². The summed E-state index contributed by atoms with van der Waals surface area (Å²) in [5, 5.41) is 0. The number of amidine groups is 1. The molecular weight excluding hydrogens is 308 g/mol. The van der Waals surface area contributed by atoms with E-state index in [9.17, 15) is 8.42 Å². The van der Waals surface area contributed by atoms with E-state index in [1.54, 1.807) is 24.3 Å². The normalized spacial score (nSPS) is 17.7. The number of benzene rings is 1. The Morgan fingerprint density at radius 3 is 2.43 bits per heavy atom. The van der Waals surface area contributed by atoms with Gasteiger partial charge in [0.05, 0.1) is 16.8 Å². The predicted octanol–water partition coefficient (Wildman–Crippen LogP) is 3.24. The molecule has 6 heteroatoms. The maximum absolute atomic E-state index is 12.3. The first-order chi connectivity index (χ1) is 10.0. The molecule has 0 aromatic heterocycles. The summed E-state index contributed by atoms with van der Waals surface area (Å²) >= 11 is 5.85. The molecule has 0 heterocycles. The third kappa shape index (κ3) is 4.71. The highest BCUT2D eigenvalue weighted by Crippen LogP contribution is 2.20. The zero-order chi connectivity index (χ0) is 15.3. The van der Waals surface area contributed by atoms with Gasteiger partial charge in [-0.3, -0.25) is 9.71 Å². The van der Waals surface area contributed by atoms with E-state index in [1.165, 1.54) is 6.42 Å². The van der Waals surface area contributed by atoms with Crippen molar-refractivity contribution in [3.8, 4) is 0 Å². The minimum Gasteiger partial charge on any atom is -0.267 e. The van der Waals surface area contributed by atoms with Crippen LogP contribution in [0, 0.1) is 6.92 Å². The molecule has 4 nitrogen and oxygen atoms in total. The van der Waals surface area contributed by atoms with Crippen LogP contribution in [0.2, 0.25) is 0 Å². The molecule has 0 radical (unpaired) electrons. The Balaban J connectivity index is 2.12. The van der Waals surface area contributed by atoms with Gasteiger partial charge >= 0.3 is 0 Å². The van der Waals surface area contributed by atoms with Crippen LogP contribution < -0.4 is 4.72 Å². The summed E-state index contributed by atoms with van der Waals surface area (Å²) < 4.78 is 27.1. The van der Waals surface area contributed by atoms with Gasteiger partial charge in [0, 0.05) is 0 Å². The number of rotatable bonds is 4. The summed E-state index contributed by atoms with van der Waals surface area (Å²) in [6.07, 6.45) is 5.54. The van der Waals surface area contributed by atoms with Crippen LogP contribution in [0.15, 0.2) is 34.2 Å². The fourth-order valence-electron chi connectivity index (χ4n) is 2.45. The van der Waals surface area contributed by atoms with Gasteiger partial charge in [0.2, 0.25) is 0 Å². The second-order valence-corrected chi connectivity index (χ2v) is 7.37. The maximum Gasteiger partial charge on any atom is 0.262 e. The molecule has 1 aliphatic carbocycles. The summed E-state index contributed by atoms with van der Waals surface area (Å²) in [4.78, 5) is 4.71. The third-order valence-corrected chi connectivity index (χ3v) is 5.27. The van der Waals surface area contributed by atoms with Gasteiger partial charge in [-0.1, -0.05) is 37.0 Å². The molecule has 1 aliphatic rings. The molecule has 0 saturated heterocycles. The lowest BCUT2D eigenvalue weighted by Gasteiger charge is -2.19. The van der Waals surface area contributed by atoms with Gasteiger partial charge in [0.25, 0.3) is 10.0 Å². The average Bonchev–Trinajstić information content (AvgIpc) is 2.48. The average molecular weight is 329 g/mol. The molecule has 1 aromatic rings. The van der Waals surface area contributed by atoms with E-state index >= 15 is 0 Å². The molecule has 0 bridgehead atoms. The van der Waals surface area contributed by atoms with E-state index in [-0.39, 0.29) is 16.8 Å². The maximum atomic E-state index is 12.3. The summed E-state index contributed by atoms with van der Waals surface area (Å²) in [7, 11) is -3.60. The van der Waals surface area contributed by atoms with E-state index < -0.39 is 10.0 Å². The molecule has 0 unspecified atom stereocenters. The Bertz CT molecular complexity index is 591. The Hall–Kier alpha value is -1.07. The topological polar surface area (TPSA) is 58.5 Å². The summed E-state index contributed by atoms with van der Waals surface area (Å²) in [6, 6.07) is 6.91. The molecule has 2 rings (SSSR count). The minimum absolute atomic E-state index is 0.0710. The molecule has 0 spiro atoms. The second kappa shape index (κ2) is 7.27. The minimum atomic E-state index is -3.60. The van der Waals surface area contributed by atoms with Crippen LogP contribution >= 0.6 is 11.6 Å². The number of aliphatic imine (C=N–C) groups is 1. The van der Waals surface area contributed by atoms with Crippen molar-refractivity contribution in [2.24, 2.45) is 4.99 Å². The molecule has 0 atom stereocenters. The standard InChI is InChI=1S/C15H21ClN2O2S/c1-12-7-9-14(10-8-12)21(19,20)18-15(11-16)17-13-5-3-2-4-6-13/h7-10,13H,2-6,11H2,1H3,(H,17,18). The van der Waals surface area contributed by atoms with Crippen molar-refractivity contribution >= 4 is 27.5 Å². The monoisotopic (exact) mass is 328 g/mol. The van der Waals surface area contributed by atoms with Gasteiger partial charge < -0.3 is 0 Å². The summed E-state index contributed by atoms with van der Waals surface area (Å²) in [6.45, 7) is 1.92. The van der Waals surface area contributed by atoms with Crippen LogP contribution in [0.5, 0.6) is 0 Å². The number of nitrogens with one attached hydrogen (secondary N) is 1. The van der Waals surface area contributed by atoms with Crippen LogP contribution in [-0.2, 0) is 10.0 Å². The van der Waals surface area contributed by atoms with Gasteiger partial charge in [-0.15, -0.1) is 11.6 Å². The highest BCUT2D eigenvalue weighted by Gasteiger charge is 2.18. The number of alkyl halides is 1. The lowest BCUT2D eigenvalue weighted by Crippen LogP contribution is -2.33. The number of hydrogen-bond acceptors (Lipinski definition) is 3. The highest BCUT2D eigenvalue weighted by atomic mass is 35.5. The van der Waals surface area contributed by atoms with Crippen molar-refractivity contribution in [3.63, 3.8) is 0 Å². The van der Waals surface area contributed by atoms with E-state index in [1.807, 2.05) is 6.92 Å². The van der Waals surface area contributed by atoms with Crippen molar-refractivity contribution in [2.75, 3.05) is 5.88 Å². The molecule has 116 valence electrons.